The Morgan fingerprint density at radius 2 is 2.06 bits per heavy atom. The summed E-state index contributed by atoms with van der Waals surface area (Å²) in [6.07, 6.45) is 0.342. The lowest BCUT2D eigenvalue weighted by Gasteiger charge is -2.53. The Balaban J connectivity index is 2.04. The first kappa shape index (κ1) is 13.8. The topological polar surface area (TPSA) is 38.8 Å². The van der Waals surface area contributed by atoms with Crippen molar-refractivity contribution in [3.05, 3.63) is 0 Å². The first-order chi connectivity index (χ1) is 8.60. The molecule has 0 bridgehead atoms. The zero-order valence-electron chi connectivity index (χ0n) is 11.9. The number of hydrogen-bond acceptors (Lipinski definition) is 4. The summed E-state index contributed by atoms with van der Waals surface area (Å²) in [5.74, 6) is 1.46. The van der Waals surface area contributed by atoms with Gasteiger partial charge in [0.2, 0.25) is 0 Å². The molecule has 0 aromatic carbocycles. The average molecular weight is 255 g/mol. The van der Waals surface area contributed by atoms with Gasteiger partial charge in [-0.25, -0.2) is 0 Å². The lowest BCUT2D eigenvalue weighted by Crippen LogP contribution is -2.62. The van der Waals surface area contributed by atoms with Gasteiger partial charge in [-0.15, -0.1) is 0 Å². The summed E-state index contributed by atoms with van der Waals surface area (Å²) in [6.45, 7) is 11.5. The van der Waals surface area contributed by atoms with E-state index >= 15 is 0 Å². The molecule has 104 valence electrons. The number of ether oxygens (including phenoxy) is 2. The van der Waals surface area contributed by atoms with E-state index in [1.165, 1.54) is 6.92 Å². The van der Waals surface area contributed by atoms with E-state index in [4.69, 9.17) is 9.47 Å². The smallest absolute Gasteiger partial charge is 0.302 e. The van der Waals surface area contributed by atoms with Gasteiger partial charge in [0.05, 0.1) is 19.3 Å². The first-order valence-electron chi connectivity index (χ1n) is 7.09. The molecule has 18 heavy (non-hydrogen) atoms. The SMILES string of the molecule is CCN(CC)[C@H]1[C@H](COC(C)=O)[C@@H]2CO[C@@H](C)[C@@H]21. The molecule has 2 aliphatic rings. The maximum absolute atomic E-state index is 11.0. The van der Waals surface area contributed by atoms with Gasteiger partial charge in [-0.3, -0.25) is 4.79 Å². The van der Waals surface area contributed by atoms with Crippen LogP contribution < -0.4 is 0 Å². The lowest BCUT2D eigenvalue weighted by atomic mass is 9.60. The van der Waals surface area contributed by atoms with Crippen LogP contribution >= 0.6 is 0 Å². The Kier molecular flexibility index (Phi) is 4.28. The second-order valence-corrected chi connectivity index (χ2v) is 5.46. The summed E-state index contributed by atoms with van der Waals surface area (Å²) in [6, 6.07) is 0.516. The van der Waals surface area contributed by atoms with E-state index in [9.17, 15) is 4.79 Å². The standard InChI is InChI=1S/C14H25NO3/c1-5-15(6-2)14-12(8-18-10(4)16)11-7-17-9(3)13(11)14/h9,11-14H,5-8H2,1-4H3/t9-,11-,12+,13-,14-/m0/s1. The number of esters is 1. The van der Waals surface area contributed by atoms with Gasteiger partial charge in [-0.05, 0) is 25.9 Å². The van der Waals surface area contributed by atoms with E-state index in [1.54, 1.807) is 0 Å². The molecule has 0 N–H and O–H groups in total. The second-order valence-electron chi connectivity index (χ2n) is 5.46. The van der Waals surface area contributed by atoms with E-state index < -0.39 is 0 Å². The summed E-state index contributed by atoms with van der Waals surface area (Å²) in [7, 11) is 0. The van der Waals surface area contributed by atoms with Crippen molar-refractivity contribution in [3.8, 4) is 0 Å². The van der Waals surface area contributed by atoms with Crippen LogP contribution in [0.15, 0.2) is 0 Å². The summed E-state index contributed by atoms with van der Waals surface area (Å²) in [5, 5.41) is 0. The quantitative estimate of drug-likeness (QED) is 0.699. The van der Waals surface area contributed by atoms with E-state index in [1.807, 2.05) is 0 Å². The van der Waals surface area contributed by atoms with Crippen LogP contribution in [0.25, 0.3) is 0 Å². The van der Waals surface area contributed by atoms with Crippen LogP contribution in [0.1, 0.15) is 27.7 Å². The number of carbonyl (C=O) groups is 1. The Bertz CT molecular complexity index is 303. The van der Waals surface area contributed by atoms with Crippen LogP contribution in [-0.4, -0.2) is 49.3 Å². The third-order valence-electron chi connectivity index (χ3n) is 4.68. The Morgan fingerprint density at radius 3 is 2.61 bits per heavy atom. The van der Waals surface area contributed by atoms with E-state index in [0.29, 0.717) is 36.5 Å². The molecule has 2 fully saturated rings. The average Bonchev–Trinajstić information content (AvgIpc) is 2.62. The van der Waals surface area contributed by atoms with Crippen LogP contribution in [0.3, 0.4) is 0 Å². The Labute approximate surface area is 110 Å². The fourth-order valence-corrected chi connectivity index (χ4v) is 3.76. The zero-order chi connectivity index (χ0) is 13.3. The molecule has 1 aliphatic heterocycles. The highest BCUT2D eigenvalue weighted by Crippen LogP contribution is 2.50. The van der Waals surface area contributed by atoms with E-state index in [2.05, 4.69) is 25.7 Å². The highest BCUT2D eigenvalue weighted by atomic mass is 16.5. The summed E-state index contributed by atoms with van der Waals surface area (Å²) in [5.41, 5.74) is 0. The molecule has 1 aliphatic carbocycles. The zero-order valence-corrected chi connectivity index (χ0v) is 11.9. The molecule has 0 spiro atoms. The molecule has 0 aromatic rings. The van der Waals surface area contributed by atoms with Gasteiger partial charge in [-0.2, -0.15) is 0 Å². The number of fused-ring (bicyclic) bond motifs is 1. The van der Waals surface area contributed by atoms with E-state index in [0.717, 1.165) is 19.7 Å². The molecule has 0 radical (unpaired) electrons. The fourth-order valence-electron chi connectivity index (χ4n) is 3.76. The maximum atomic E-state index is 11.0. The van der Waals surface area contributed by atoms with Crippen molar-refractivity contribution in [2.24, 2.45) is 17.8 Å². The molecule has 1 heterocycles. The minimum Gasteiger partial charge on any atom is -0.466 e. The largest absolute Gasteiger partial charge is 0.466 e. The highest BCUT2D eigenvalue weighted by molar-refractivity contribution is 5.65. The van der Waals surface area contributed by atoms with Crippen LogP contribution in [0.2, 0.25) is 0 Å². The van der Waals surface area contributed by atoms with Crippen molar-refractivity contribution in [3.63, 3.8) is 0 Å². The fraction of sp³-hybridized carbons (Fsp3) is 0.929. The van der Waals surface area contributed by atoms with Crippen LogP contribution in [0.5, 0.6) is 0 Å². The molecule has 2 rings (SSSR count). The van der Waals surface area contributed by atoms with Gasteiger partial charge in [-0.1, -0.05) is 13.8 Å². The van der Waals surface area contributed by atoms with Crippen LogP contribution in [0, 0.1) is 17.8 Å². The molecule has 0 unspecified atom stereocenters. The molecule has 4 heteroatoms. The second kappa shape index (κ2) is 5.57. The van der Waals surface area contributed by atoms with E-state index in [-0.39, 0.29) is 5.97 Å². The van der Waals surface area contributed by atoms with Crippen LogP contribution in [0.4, 0.5) is 0 Å². The third kappa shape index (κ3) is 2.28. The number of nitrogens with zero attached hydrogens (tertiary/aromatic N) is 1. The van der Waals surface area contributed by atoms with Crippen LogP contribution in [-0.2, 0) is 14.3 Å². The van der Waals surface area contributed by atoms with Gasteiger partial charge in [0.15, 0.2) is 0 Å². The van der Waals surface area contributed by atoms with Crippen molar-refractivity contribution in [1.82, 2.24) is 4.90 Å². The molecular formula is C14H25NO3. The van der Waals surface area contributed by atoms with Gasteiger partial charge in [0.1, 0.15) is 0 Å². The minimum absolute atomic E-state index is 0.177. The first-order valence-corrected chi connectivity index (χ1v) is 7.09. The lowest BCUT2D eigenvalue weighted by molar-refractivity contribution is -0.149. The minimum atomic E-state index is -0.177. The van der Waals surface area contributed by atoms with Gasteiger partial charge in [0.25, 0.3) is 0 Å². The normalized spacial score (nSPS) is 38.4. The number of carbonyl (C=O) groups excluding carboxylic acids is 1. The summed E-state index contributed by atoms with van der Waals surface area (Å²) >= 11 is 0. The molecule has 0 aromatic heterocycles. The summed E-state index contributed by atoms with van der Waals surface area (Å²) < 4.78 is 11.0. The monoisotopic (exact) mass is 255 g/mol. The van der Waals surface area contributed by atoms with Gasteiger partial charge in [0, 0.05) is 24.8 Å². The molecule has 0 amide bonds. The highest BCUT2D eigenvalue weighted by Gasteiger charge is 2.58. The Morgan fingerprint density at radius 1 is 1.39 bits per heavy atom. The van der Waals surface area contributed by atoms with Gasteiger partial charge >= 0.3 is 5.97 Å². The Hall–Kier alpha value is -0.610. The van der Waals surface area contributed by atoms with Crippen molar-refractivity contribution < 1.29 is 14.3 Å². The van der Waals surface area contributed by atoms with Crippen molar-refractivity contribution in [2.45, 2.75) is 39.8 Å². The maximum Gasteiger partial charge on any atom is 0.302 e. The van der Waals surface area contributed by atoms with Crippen molar-refractivity contribution in [2.75, 3.05) is 26.3 Å². The number of rotatable bonds is 5. The molecular weight excluding hydrogens is 230 g/mol. The molecule has 1 saturated heterocycles. The molecule has 4 nitrogen and oxygen atoms in total. The number of hydrogen-bond donors (Lipinski definition) is 0. The van der Waals surface area contributed by atoms with Crippen molar-refractivity contribution in [1.29, 1.82) is 0 Å². The molecule has 5 atom stereocenters. The predicted octanol–water partition coefficient (Wildman–Crippen LogP) is 1.54. The summed E-state index contributed by atoms with van der Waals surface area (Å²) in [4.78, 5) is 13.5. The predicted molar refractivity (Wildman–Crippen MR) is 69.2 cm³/mol. The third-order valence-corrected chi connectivity index (χ3v) is 4.68. The van der Waals surface area contributed by atoms with Gasteiger partial charge < -0.3 is 14.4 Å². The van der Waals surface area contributed by atoms with Crippen molar-refractivity contribution >= 4 is 5.97 Å². The molecule has 1 saturated carbocycles.